The fourth-order valence-corrected chi connectivity index (χ4v) is 9.96. The van der Waals surface area contributed by atoms with Crippen molar-refractivity contribution < 1.29 is 23.9 Å². The van der Waals surface area contributed by atoms with E-state index in [1.807, 2.05) is 42.6 Å². The van der Waals surface area contributed by atoms with Crippen molar-refractivity contribution in [1.82, 2.24) is 25.1 Å². The van der Waals surface area contributed by atoms with E-state index in [1.54, 1.807) is 18.2 Å². The van der Waals surface area contributed by atoms with Crippen molar-refractivity contribution in [2.75, 3.05) is 55.6 Å². The second-order valence-corrected chi connectivity index (χ2v) is 17.8. The van der Waals surface area contributed by atoms with Crippen molar-refractivity contribution in [1.29, 1.82) is 5.26 Å². The Morgan fingerprint density at radius 2 is 1.58 bits per heavy atom. The molecule has 5 aliphatic rings. The highest BCUT2D eigenvalue weighted by Gasteiger charge is 2.45. The summed E-state index contributed by atoms with van der Waals surface area (Å²) >= 11 is 6.31. The van der Waals surface area contributed by atoms with Crippen molar-refractivity contribution in [2.45, 2.75) is 57.6 Å². The number of hydrogen-bond donors (Lipinski definition) is 1. The molecule has 0 bridgehead atoms. The van der Waals surface area contributed by atoms with Crippen LogP contribution in [0.4, 0.5) is 11.6 Å². The van der Waals surface area contributed by atoms with E-state index in [2.05, 4.69) is 57.0 Å². The van der Waals surface area contributed by atoms with E-state index in [0.717, 1.165) is 97.8 Å². The normalized spacial score (nSPS) is 22.2. The molecule has 0 aliphatic carbocycles. The zero-order chi connectivity index (χ0) is 41.7. The number of nitrogens with zero attached hydrogens (tertiary/aromatic N) is 7. The second-order valence-electron chi connectivity index (χ2n) is 17.4. The Morgan fingerprint density at radius 3 is 2.30 bits per heavy atom. The molecule has 6 heterocycles. The fourth-order valence-electron chi connectivity index (χ4n) is 9.72. The van der Waals surface area contributed by atoms with Crippen LogP contribution in [0.1, 0.15) is 82.6 Å². The van der Waals surface area contributed by atoms with E-state index in [4.69, 9.17) is 21.3 Å². The van der Waals surface area contributed by atoms with E-state index in [0.29, 0.717) is 46.1 Å². The van der Waals surface area contributed by atoms with Crippen LogP contribution in [0.2, 0.25) is 5.02 Å². The van der Waals surface area contributed by atoms with Gasteiger partial charge in [-0.05, 0) is 103 Å². The van der Waals surface area contributed by atoms with Gasteiger partial charge >= 0.3 is 0 Å². The van der Waals surface area contributed by atoms with E-state index < -0.39 is 23.8 Å². The summed E-state index contributed by atoms with van der Waals surface area (Å²) in [5, 5.41) is 12.2. The van der Waals surface area contributed by atoms with Gasteiger partial charge in [0.1, 0.15) is 18.4 Å². The Balaban J connectivity index is 0.736. The first-order valence-corrected chi connectivity index (χ1v) is 21.2. The molecule has 3 aromatic carbocycles. The highest BCUT2D eigenvalue weighted by molar-refractivity contribution is 6.30. The van der Waals surface area contributed by atoms with Gasteiger partial charge in [-0.1, -0.05) is 37.6 Å². The molecule has 4 saturated heterocycles. The SMILES string of the molecule is CC(C)(c1ccc(OCc2ccnc(N3CC4CN(CC5CCN(c6ccc7c(c6)C(=O)N(C6CCC(=O)NC6=O)C7=O)CC5)CC4C3)n2)cc1)c1cc(Cl)cc(C#N)c1. The number of halogens is 1. The standard InChI is InChI=1S/C46H47ClN8O5/c1-46(2,33-17-29(21-48)18-34(47)19-33)32-3-6-37(7-4-32)60-27-35-11-14-49-45(50-35)54-25-30-23-52(24-31(30)26-54)22-28-12-15-53(16-13-28)36-5-8-38-39(20-36)44(59)55(43(38)58)40-9-10-41(56)51-42(40)57/h3-8,11,14,17-20,28,30-31,40H,9-10,12-13,15-16,22-27H2,1-2H3,(H,51,56,57). The number of nitrogens with one attached hydrogen (secondary N) is 1. The number of aromatic nitrogens is 2. The quantitative estimate of drug-likeness (QED) is 0.199. The van der Waals surface area contributed by atoms with E-state index >= 15 is 0 Å². The predicted molar refractivity (Wildman–Crippen MR) is 225 cm³/mol. The number of nitriles is 1. The second kappa shape index (κ2) is 16.0. The van der Waals surface area contributed by atoms with Crippen LogP contribution in [-0.4, -0.2) is 95.3 Å². The number of piperidine rings is 2. The number of ether oxygens (including phenoxy) is 1. The first-order chi connectivity index (χ1) is 28.9. The lowest BCUT2D eigenvalue weighted by atomic mass is 9.78. The molecule has 5 aliphatic heterocycles. The third kappa shape index (κ3) is 7.70. The summed E-state index contributed by atoms with van der Waals surface area (Å²) in [5.74, 6) is 1.28. The summed E-state index contributed by atoms with van der Waals surface area (Å²) in [4.78, 5) is 68.4. The summed E-state index contributed by atoms with van der Waals surface area (Å²) in [6, 6.07) is 22.0. The number of amides is 4. The molecule has 9 rings (SSSR count). The average Bonchev–Trinajstić information content (AvgIpc) is 3.90. The summed E-state index contributed by atoms with van der Waals surface area (Å²) < 4.78 is 6.16. The molecule has 13 nitrogen and oxygen atoms in total. The van der Waals surface area contributed by atoms with Crippen molar-refractivity contribution in [3.8, 4) is 11.8 Å². The third-order valence-corrected chi connectivity index (χ3v) is 13.4. The molecule has 4 amide bonds. The highest BCUT2D eigenvalue weighted by atomic mass is 35.5. The van der Waals surface area contributed by atoms with Crippen LogP contribution in [-0.2, 0) is 21.6 Å². The van der Waals surface area contributed by atoms with Crippen LogP contribution in [0.25, 0.3) is 0 Å². The van der Waals surface area contributed by atoms with Crippen LogP contribution in [0.3, 0.4) is 0 Å². The Labute approximate surface area is 354 Å². The molecule has 60 heavy (non-hydrogen) atoms. The number of benzene rings is 3. The number of rotatable bonds is 10. The van der Waals surface area contributed by atoms with Crippen molar-refractivity contribution >= 4 is 46.9 Å². The van der Waals surface area contributed by atoms with Crippen LogP contribution in [0.15, 0.2) is 72.9 Å². The van der Waals surface area contributed by atoms with Gasteiger partial charge in [0.05, 0.1) is 28.5 Å². The zero-order valence-electron chi connectivity index (χ0n) is 33.8. The minimum absolute atomic E-state index is 0.0976. The summed E-state index contributed by atoms with van der Waals surface area (Å²) in [6.07, 6.45) is 4.14. The maximum atomic E-state index is 13.4. The van der Waals surface area contributed by atoms with Gasteiger partial charge in [-0.2, -0.15) is 5.26 Å². The summed E-state index contributed by atoms with van der Waals surface area (Å²) in [5.41, 5.74) is 4.61. The van der Waals surface area contributed by atoms with E-state index in [1.165, 1.54) is 0 Å². The number of imide groups is 2. The van der Waals surface area contributed by atoms with Gasteiger partial charge in [0.2, 0.25) is 17.8 Å². The minimum Gasteiger partial charge on any atom is -0.487 e. The molecule has 0 spiro atoms. The number of fused-ring (bicyclic) bond motifs is 2. The molecule has 1 N–H and O–H groups in total. The first-order valence-electron chi connectivity index (χ1n) is 20.8. The number of likely N-dealkylation sites (tertiary alicyclic amines) is 1. The van der Waals surface area contributed by atoms with Crippen LogP contribution in [0.5, 0.6) is 5.75 Å². The molecule has 14 heteroatoms. The van der Waals surface area contributed by atoms with Gasteiger partial charge in [0.15, 0.2) is 0 Å². The summed E-state index contributed by atoms with van der Waals surface area (Å²) in [6.45, 7) is 11.4. The largest absolute Gasteiger partial charge is 0.487 e. The zero-order valence-corrected chi connectivity index (χ0v) is 34.5. The number of anilines is 2. The molecule has 0 saturated carbocycles. The van der Waals surface area contributed by atoms with Gasteiger partial charge in [0, 0.05) is 74.6 Å². The Morgan fingerprint density at radius 1 is 0.850 bits per heavy atom. The Bertz CT molecular complexity index is 2390. The fraction of sp³-hybridized carbons (Fsp3) is 0.413. The van der Waals surface area contributed by atoms with Crippen molar-refractivity contribution in [3.05, 3.63) is 111 Å². The van der Waals surface area contributed by atoms with Crippen molar-refractivity contribution in [2.24, 2.45) is 17.8 Å². The lowest BCUT2D eigenvalue weighted by Crippen LogP contribution is -2.54. The molecule has 3 unspecified atom stereocenters. The predicted octanol–water partition coefficient (Wildman–Crippen LogP) is 5.59. The molecule has 3 atom stereocenters. The van der Waals surface area contributed by atoms with Gasteiger partial charge in [-0.3, -0.25) is 29.4 Å². The molecular formula is C46H47ClN8O5. The monoisotopic (exact) mass is 826 g/mol. The van der Waals surface area contributed by atoms with Crippen LogP contribution in [0, 0.1) is 29.1 Å². The Kier molecular flexibility index (Phi) is 10.5. The van der Waals surface area contributed by atoms with E-state index in [9.17, 15) is 24.4 Å². The average molecular weight is 827 g/mol. The molecule has 4 aromatic rings. The topological polar surface area (TPSA) is 152 Å². The van der Waals surface area contributed by atoms with Gasteiger partial charge in [0.25, 0.3) is 11.8 Å². The van der Waals surface area contributed by atoms with Crippen molar-refractivity contribution in [3.63, 3.8) is 0 Å². The molecule has 0 radical (unpaired) electrons. The van der Waals surface area contributed by atoms with Gasteiger partial charge in [-0.25, -0.2) is 9.97 Å². The van der Waals surface area contributed by atoms with Gasteiger partial charge in [-0.15, -0.1) is 0 Å². The van der Waals surface area contributed by atoms with Gasteiger partial charge < -0.3 is 19.4 Å². The lowest BCUT2D eigenvalue weighted by molar-refractivity contribution is -0.136. The van der Waals surface area contributed by atoms with Crippen LogP contribution < -0.4 is 19.9 Å². The number of carbonyl (C=O) groups is 4. The third-order valence-electron chi connectivity index (χ3n) is 13.2. The lowest BCUT2D eigenvalue weighted by Gasteiger charge is -2.35. The number of hydrogen-bond acceptors (Lipinski definition) is 11. The minimum atomic E-state index is -0.966. The number of carbonyl (C=O) groups excluding carboxylic acids is 4. The summed E-state index contributed by atoms with van der Waals surface area (Å²) in [7, 11) is 0. The smallest absolute Gasteiger partial charge is 0.262 e. The molecule has 4 fully saturated rings. The molecular weight excluding hydrogens is 780 g/mol. The van der Waals surface area contributed by atoms with Crippen LogP contribution >= 0.6 is 11.6 Å². The molecule has 308 valence electrons. The molecule has 1 aromatic heterocycles. The Hall–Kier alpha value is -5.84. The van der Waals surface area contributed by atoms with E-state index in [-0.39, 0.29) is 24.2 Å². The maximum absolute atomic E-state index is 13.4. The first kappa shape index (κ1) is 39.6. The highest BCUT2D eigenvalue weighted by Crippen LogP contribution is 2.37. The maximum Gasteiger partial charge on any atom is 0.262 e.